The molecule has 12 heavy (non-hydrogen) atoms. The number of nitrogens with zero attached hydrogens (tertiary/aromatic N) is 1. The molecule has 3 heteroatoms. The van der Waals surface area contributed by atoms with E-state index in [0.29, 0.717) is 0 Å². The van der Waals surface area contributed by atoms with Crippen LogP contribution in [0.2, 0.25) is 0 Å². The SMILES string of the molecule is C#Cc1ccc(-c2cnco2)s1. The minimum absolute atomic E-state index is 0.765. The van der Waals surface area contributed by atoms with Gasteiger partial charge in [-0.05, 0) is 12.1 Å². The average molecular weight is 175 g/mol. The summed E-state index contributed by atoms with van der Waals surface area (Å²) in [4.78, 5) is 5.74. The van der Waals surface area contributed by atoms with Gasteiger partial charge in [-0.3, -0.25) is 0 Å². The number of hydrogen-bond donors (Lipinski definition) is 0. The van der Waals surface area contributed by atoms with E-state index in [1.54, 1.807) is 6.20 Å². The molecule has 0 radical (unpaired) electrons. The van der Waals surface area contributed by atoms with Gasteiger partial charge < -0.3 is 4.42 Å². The number of rotatable bonds is 1. The van der Waals surface area contributed by atoms with Crippen molar-refractivity contribution in [2.75, 3.05) is 0 Å². The molecule has 58 valence electrons. The summed E-state index contributed by atoms with van der Waals surface area (Å²) in [5.74, 6) is 3.33. The van der Waals surface area contributed by atoms with Crippen LogP contribution in [0.4, 0.5) is 0 Å². The number of thiophene rings is 1. The number of hydrogen-bond acceptors (Lipinski definition) is 3. The summed E-state index contributed by atoms with van der Waals surface area (Å²) in [6.07, 6.45) is 8.31. The van der Waals surface area contributed by atoms with Crippen LogP contribution in [-0.2, 0) is 0 Å². The van der Waals surface area contributed by atoms with Crippen LogP contribution in [0.1, 0.15) is 4.88 Å². The highest BCUT2D eigenvalue weighted by molar-refractivity contribution is 7.15. The van der Waals surface area contributed by atoms with Gasteiger partial charge in [-0.25, -0.2) is 4.98 Å². The second kappa shape index (κ2) is 2.84. The van der Waals surface area contributed by atoms with Crippen molar-refractivity contribution in [3.63, 3.8) is 0 Å². The zero-order valence-electron chi connectivity index (χ0n) is 6.15. The molecule has 0 aliphatic heterocycles. The number of terminal acetylenes is 1. The lowest BCUT2D eigenvalue weighted by molar-refractivity contribution is 0.573. The van der Waals surface area contributed by atoms with Crippen molar-refractivity contribution >= 4 is 11.3 Å². The van der Waals surface area contributed by atoms with E-state index in [4.69, 9.17) is 10.8 Å². The maximum Gasteiger partial charge on any atom is 0.181 e. The molecular formula is C9H5NOS. The van der Waals surface area contributed by atoms with E-state index >= 15 is 0 Å². The van der Waals surface area contributed by atoms with E-state index in [9.17, 15) is 0 Å². The smallest absolute Gasteiger partial charge is 0.181 e. The van der Waals surface area contributed by atoms with Crippen LogP contribution < -0.4 is 0 Å². The van der Waals surface area contributed by atoms with Crippen molar-refractivity contribution < 1.29 is 4.42 Å². The Kier molecular flexibility index (Phi) is 1.69. The van der Waals surface area contributed by atoms with E-state index in [0.717, 1.165) is 15.5 Å². The third-order valence-electron chi connectivity index (χ3n) is 1.42. The molecule has 0 bridgehead atoms. The largest absolute Gasteiger partial charge is 0.443 e. The molecule has 2 rings (SSSR count). The van der Waals surface area contributed by atoms with Crippen LogP contribution in [0.25, 0.3) is 10.6 Å². The first kappa shape index (κ1) is 7.14. The quantitative estimate of drug-likeness (QED) is 0.622. The monoisotopic (exact) mass is 175 g/mol. The molecule has 2 aromatic heterocycles. The lowest BCUT2D eigenvalue weighted by Gasteiger charge is -1.84. The van der Waals surface area contributed by atoms with E-state index < -0.39 is 0 Å². The molecule has 0 spiro atoms. The van der Waals surface area contributed by atoms with Crippen molar-refractivity contribution in [1.29, 1.82) is 0 Å². The summed E-state index contributed by atoms with van der Waals surface area (Å²) in [6, 6.07) is 3.82. The molecule has 0 aromatic carbocycles. The Bertz CT molecular complexity index is 408. The maximum absolute atomic E-state index is 5.23. The third-order valence-corrected chi connectivity index (χ3v) is 2.45. The molecule has 0 atom stereocenters. The van der Waals surface area contributed by atoms with Crippen LogP contribution in [0, 0.1) is 12.3 Å². The highest BCUT2D eigenvalue weighted by Crippen LogP contribution is 2.26. The second-order valence-electron chi connectivity index (χ2n) is 2.17. The standard InChI is InChI=1S/C9H5NOS/c1-2-7-3-4-9(12-7)8-5-10-6-11-8/h1,3-6H. The maximum atomic E-state index is 5.23. The van der Waals surface area contributed by atoms with E-state index in [-0.39, 0.29) is 0 Å². The molecule has 0 fully saturated rings. The van der Waals surface area contributed by atoms with E-state index in [1.807, 2.05) is 12.1 Å². The Balaban J connectivity index is 2.44. The Morgan fingerprint density at radius 1 is 1.50 bits per heavy atom. The van der Waals surface area contributed by atoms with Crippen LogP contribution in [0.5, 0.6) is 0 Å². The Morgan fingerprint density at radius 2 is 2.42 bits per heavy atom. The van der Waals surface area contributed by atoms with Gasteiger partial charge in [0.15, 0.2) is 12.2 Å². The molecule has 2 nitrogen and oxygen atoms in total. The van der Waals surface area contributed by atoms with Gasteiger partial charge in [-0.2, -0.15) is 0 Å². The van der Waals surface area contributed by atoms with Gasteiger partial charge >= 0.3 is 0 Å². The van der Waals surface area contributed by atoms with Crippen LogP contribution >= 0.6 is 11.3 Å². The Morgan fingerprint density at radius 3 is 3.00 bits per heavy atom. The summed E-state index contributed by atoms with van der Waals surface area (Å²) >= 11 is 1.52. The number of oxazole rings is 1. The zero-order valence-corrected chi connectivity index (χ0v) is 6.97. The molecule has 2 aromatic rings. The van der Waals surface area contributed by atoms with Crippen molar-refractivity contribution in [2.45, 2.75) is 0 Å². The molecule has 0 saturated carbocycles. The van der Waals surface area contributed by atoms with Gasteiger partial charge in [-0.15, -0.1) is 17.8 Å². The van der Waals surface area contributed by atoms with Crippen molar-refractivity contribution in [2.24, 2.45) is 0 Å². The molecule has 0 aliphatic rings. The van der Waals surface area contributed by atoms with Crippen molar-refractivity contribution in [3.8, 4) is 23.0 Å². The minimum Gasteiger partial charge on any atom is -0.443 e. The third kappa shape index (κ3) is 1.13. The number of aromatic nitrogens is 1. The molecule has 2 heterocycles. The van der Waals surface area contributed by atoms with Gasteiger partial charge in [0.2, 0.25) is 0 Å². The molecule has 0 aliphatic carbocycles. The van der Waals surface area contributed by atoms with Crippen molar-refractivity contribution in [1.82, 2.24) is 4.98 Å². The van der Waals surface area contributed by atoms with Crippen LogP contribution in [0.3, 0.4) is 0 Å². The fourth-order valence-corrected chi connectivity index (χ4v) is 1.65. The summed E-state index contributed by atoms with van der Waals surface area (Å²) in [7, 11) is 0. The fourth-order valence-electron chi connectivity index (χ4n) is 0.885. The van der Waals surface area contributed by atoms with Crippen molar-refractivity contribution in [3.05, 3.63) is 29.6 Å². The summed E-state index contributed by atoms with van der Waals surface area (Å²) in [5, 5.41) is 0. The predicted octanol–water partition coefficient (Wildman–Crippen LogP) is 2.38. The van der Waals surface area contributed by atoms with Crippen LogP contribution in [-0.4, -0.2) is 4.98 Å². The van der Waals surface area contributed by atoms with E-state index in [2.05, 4.69) is 10.9 Å². The van der Waals surface area contributed by atoms with Gasteiger partial charge in [-0.1, -0.05) is 5.92 Å². The summed E-state index contributed by atoms with van der Waals surface area (Å²) in [6.45, 7) is 0. The van der Waals surface area contributed by atoms with Crippen LogP contribution in [0.15, 0.2) is 29.1 Å². The average Bonchev–Trinajstić information content (AvgIpc) is 2.75. The Hall–Kier alpha value is -1.53. The summed E-state index contributed by atoms with van der Waals surface area (Å²) in [5.41, 5.74) is 0. The normalized spacial score (nSPS) is 9.58. The molecule has 0 N–H and O–H groups in total. The first-order chi connectivity index (χ1) is 5.90. The fraction of sp³-hybridized carbons (Fsp3) is 0. The first-order valence-electron chi connectivity index (χ1n) is 3.35. The molecular weight excluding hydrogens is 170 g/mol. The summed E-state index contributed by atoms with van der Waals surface area (Å²) < 4.78 is 5.11. The topological polar surface area (TPSA) is 26.0 Å². The highest BCUT2D eigenvalue weighted by atomic mass is 32.1. The predicted molar refractivity (Wildman–Crippen MR) is 47.8 cm³/mol. The van der Waals surface area contributed by atoms with Gasteiger partial charge in [0.25, 0.3) is 0 Å². The lowest BCUT2D eigenvalue weighted by Crippen LogP contribution is -1.60. The van der Waals surface area contributed by atoms with Gasteiger partial charge in [0.05, 0.1) is 16.0 Å². The first-order valence-corrected chi connectivity index (χ1v) is 4.17. The van der Waals surface area contributed by atoms with Gasteiger partial charge in [0.1, 0.15) is 0 Å². The van der Waals surface area contributed by atoms with E-state index in [1.165, 1.54) is 17.7 Å². The van der Waals surface area contributed by atoms with Gasteiger partial charge in [0, 0.05) is 0 Å². The minimum atomic E-state index is 0.765. The zero-order chi connectivity index (χ0) is 8.39. The molecule has 0 amide bonds. The molecule has 0 saturated heterocycles. The lowest BCUT2D eigenvalue weighted by atomic mass is 10.4. The molecule has 0 unspecified atom stereocenters. The Labute approximate surface area is 73.9 Å². The second-order valence-corrected chi connectivity index (χ2v) is 3.26. The highest BCUT2D eigenvalue weighted by Gasteiger charge is 2.03.